The van der Waals surface area contributed by atoms with Crippen LogP contribution in [0.15, 0.2) is 42.6 Å². The van der Waals surface area contributed by atoms with Gasteiger partial charge in [-0.15, -0.1) is 0 Å². The Kier molecular flexibility index (Phi) is 4.16. The molecule has 0 aliphatic carbocycles. The van der Waals surface area contributed by atoms with Crippen molar-refractivity contribution in [2.45, 2.75) is 32.2 Å². The average molecular weight is 273 g/mol. The molecule has 0 radical (unpaired) electrons. The van der Waals surface area contributed by atoms with Crippen LogP contribution in [0.3, 0.4) is 0 Å². The summed E-state index contributed by atoms with van der Waals surface area (Å²) in [6.07, 6.45) is 1.82. The molecule has 1 unspecified atom stereocenters. The number of hydrazine groups is 1. The Balaban J connectivity index is 2.38. The molecule has 106 valence electrons. The summed E-state index contributed by atoms with van der Waals surface area (Å²) in [6.45, 7) is 6.09. The highest BCUT2D eigenvalue weighted by Crippen LogP contribution is 2.36. The maximum Gasteiger partial charge on any atom is 0.123 e. The molecular formula is C16H20FN3. The largest absolute Gasteiger partial charge is 0.271 e. The van der Waals surface area contributed by atoms with Crippen LogP contribution in [0.1, 0.15) is 36.7 Å². The van der Waals surface area contributed by atoms with Gasteiger partial charge in [-0.05, 0) is 36.2 Å². The van der Waals surface area contributed by atoms with Gasteiger partial charge in [-0.25, -0.2) is 4.39 Å². The van der Waals surface area contributed by atoms with Crippen molar-refractivity contribution in [2.75, 3.05) is 0 Å². The van der Waals surface area contributed by atoms with Gasteiger partial charge in [-0.3, -0.25) is 16.3 Å². The average Bonchev–Trinajstić information content (AvgIpc) is 2.42. The molecule has 2 aromatic rings. The number of nitrogens with one attached hydrogen (secondary N) is 1. The molecule has 0 aliphatic rings. The maximum absolute atomic E-state index is 13.1. The Morgan fingerprint density at radius 3 is 2.30 bits per heavy atom. The van der Waals surface area contributed by atoms with Crippen LogP contribution in [0.2, 0.25) is 0 Å². The van der Waals surface area contributed by atoms with Crippen molar-refractivity contribution in [2.24, 2.45) is 5.84 Å². The number of hydrogen-bond donors (Lipinski definition) is 2. The molecule has 2 rings (SSSR count). The molecule has 4 heteroatoms. The minimum atomic E-state index is -0.292. The zero-order chi connectivity index (χ0) is 14.8. The zero-order valence-corrected chi connectivity index (χ0v) is 12.0. The summed E-state index contributed by atoms with van der Waals surface area (Å²) in [5, 5.41) is 0. The summed E-state index contributed by atoms with van der Waals surface area (Å²) >= 11 is 0. The molecule has 3 N–H and O–H groups in total. The number of nitrogens with two attached hydrogens (primary N) is 1. The number of aromatic nitrogens is 1. The maximum atomic E-state index is 13.1. The fourth-order valence-corrected chi connectivity index (χ4v) is 2.42. The van der Waals surface area contributed by atoms with E-state index in [1.54, 1.807) is 12.1 Å². The van der Waals surface area contributed by atoms with Crippen molar-refractivity contribution in [3.05, 3.63) is 65.2 Å². The van der Waals surface area contributed by atoms with Gasteiger partial charge in [0.05, 0.1) is 6.04 Å². The van der Waals surface area contributed by atoms with E-state index >= 15 is 0 Å². The second kappa shape index (κ2) is 5.69. The van der Waals surface area contributed by atoms with Crippen molar-refractivity contribution in [1.82, 2.24) is 10.4 Å². The van der Waals surface area contributed by atoms with Gasteiger partial charge < -0.3 is 0 Å². The standard InChI is InChI=1S/C16H20FN3/c1-11-4-5-12(10-19-11)15(20-18)16(2,3)13-6-8-14(17)9-7-13/h4-10,15,20H,18H2,1-3H3. The molecule has 1 atom stereocenters. The quantitative estimate of drug-likeness (QED) is 0.665. The van der Waals surface area contributed by atoms with Crippen molar-refractivity contribution in [3.63, 3.8) is 0 Å². The summed E-state index contributed by atoms with van der Waals surface area (Å²) in [7, 11) is 0. The van der Waals surface area contributed by atoms with Gasteiger partial charge in [0.1, 0.15) is 5.82 Å². The van der Waals surface area contributed by atoms with Crippen molar-refractivity contribution < 1.29 is 4.39 Å². The van der Waals surface area contributed by atoms with Gasteiger partial charge in [0, 0.05) is 17.3 Å². The van der Waals surface area contributed by atoms with E-state index in [0.717, 1.165) is 16.8 Å². The fraction of sp³-hybridized carbons (Fsp3) is 0.312. The third kappa shape index (κ3) is 2.86. The third-order valence-corrected chi connectivity index (χ3v) is 3.74. The van der Waals surface area contributed by atoms with Gasteiger partial charge in [-0.1, -0.05) is 32.0 Å². The molecule has 3 nitrogen and oxygen atoms in total. The predicted molar refractivity (Wildman–Crippen MR) is 78.5 cm³/mol. The highest BCUT2D eigenvalue weighted by Gasteiger charge is 2.32. The van der Waals surface area contributed by atoms with Gasteiger partial charge in [-0.2, -0.15) is 0 Å². The molecule has 1 aromatic heterocycles. The fourth-order valence-electron chi connectivity index (χ4n) is 2.42. The lowest BCUT2D eigenvalue weighted by molar-refractivity contribution is 0.351. The number of nitrogens with zero attached hydrogens (tertiary/aromatic N) is 1. The van der Waals surface area contributed by atoms with Crippen LogP contribution in [0.5, 0.6) is 0 Å². The number of pyridine rings is 1. The highest BCUT2D eigenvalue weighted by molar-refractivity contribution is 5.31. The first-order valence-electron chi connectivity index (χ1n) is 6.60. The van der Waals surface area contributed by atoms with E-state index in [2.05, 4.69) is 24.3 Å². The molecule has 0 amide bonds. The highest BCUT2D eigenvalue weighted by atomic mass is 19.1. The van der Waals surface area contributed by atoms with Crippen LogP contribution < -0.4 is 11.3 Å². The Hall–Kier alpha value is -1.78. The Morgan fingerprint density at radius 2 is 1.80 bits per heavy atom. The van der Waals surface area contributed by atoms with E-state index in [1.165, 1.54) is 12.1 Å². The van der Waals surface area contributed by atoms with Crippen LogP contribution in [-0.4, -0.2) is 4.98 Å². The van der Waals surface area contributed by atoms with Crippen LogP contribution in [0.25, 0.3) is 0 Å². The monoisotopic (exact) mass is 273 g/mol. The second-order valence-corrected chi connectivity index (χ2v) is 5.56. The van der Waals surface area contributed by atoms with Crippen LogP contribution in [0, 0.1) is 12.7 Å². The first kappa shape index (κ1) is 14.6. The van der Waals surface area contributed by atoms with Gasteiger partial charge >= 0.3 is 0 Å². The van der Waals surface area contributed by atoms with E-state index in [9.17, 15) is 4.39 Å². The number of halogens is 1. The molecule has 1 heterocycles. The Labute approximate surface area is 119 Å². The smallest absolute Gasteiger partial charge is 0.123 e. The molecule has 0 fully saturated rings. The van der Waals surface area contributed by atoms with Gasteiger partial charge in [0.15, 0.2) is 0 Å². The van der Waals surface area contributed by atoms with Crippen LogP contribution in [-0.2, 0) is 5.41 Å². The van der Waals surface area contributed by atoms with Crippen LogP contribution >= 0.6 is 0 Å². The van der Waals surface area contributed by atoms with E-state index in [1.807, 2.05) is 25.3 Å². The molecule has 0 spiro atoms. The number of hydrogen-bond acceptors (Lipinski definition) is 3. The first-order chi connectivity index (χ1) is 9.45. The first-order valence-corrected chi connectivity index (χ1v) is 6.60. The number of aryl methyl sites for hydroxylation is 1. The van der Waals surface area contributed by atoms with E-state index in [4.69, 9.17) is 5.84 Å². The number of rotatable bonds is 4. The van der Waals surface area contributed by atoms with Crippen molar-refractivity contribution in [3.8, 4) is 0 Å². The minimum absolute atomic E-state index is 0.110. The predicted octanol–water partition coefficient (Wildman–Crippen LogP) is 3.01. The lowest BCUT2D eigenvalue weighted by Gasteiger charge is -2.34. The van der Waals surface area contributed by atoms with Gasteiger partial charge in [0.25, 0.3) is 0 Å². The summed E-state index contributed by atoms with van der Waals surface area (Å²) in [5.74, 6) is 5.51. The lowest BCUT2D eigenvalue weighted by atomic mass is 9.75. The van der Waals surface area contributed by atoms with Gasteiger partial charge in [0.2, 0.25) is 0 Å². The summed E-state index contributed by atoms with van der Waals surface area (Å²) in [5.41, 5.74) is 5.55. The second-order valence-electron chi connectivity index (χ2n) is 5.56. The molecule has 0 saturated carbocycles. The van der Waals surface area contributed by atoms with E-state index in [0.29, 0.717) is 0 Å². The SMILES string of the molecule is Cc1ccc(C(NN)C(C)(C)c2ccc(F)cc2)cn1. The molecule has 0 bridgehead atoms. The minimum Gasteiger partial charge on any atom is -0.271 e. The van der Waals surface area contributed by atoms with Crippen molar-refractivity contribution >= 4 is 0 Å². The molecule has 0 aliphatic heterocycles. The topological polar surface area (TPSA) is 50.9 Å². The molecule has 20 heavy (non-hydrogen) atoms. The Morgan fingerprint density at radius 1 is 1.15 bits per heavy atom. The summed E-state index contributed by atoms with van der Waals surface area (Å²) < 4.78 is 13.1. The molecule has 1 aromatic carbocycles. The van der Waals surface area contributed by atoms with Crippen LogP contribution in [0.4, 0.5) is 4.39 Å². The van der Waals surface area contributed by atoms with E-state index < -0.39 is 0 Å². The van der Waals surface area contributed by atoms with E-state index in [-0.39, 0.29) is 17.3 Å². The third-order valence-electron chi connectivity index (χ3n) is 3.74. The number of benzene rings is 1. The Bertz CT molecular complexity index is 561. The normalized spacial score (nSPS) is 13.2. The summed E-state index contributed by atoms with van der Waals surface area (Å²) in [4.78, 5) is 4.31. The lowest BCUT2D eigenvalue weighted by Crippen LogP contribution is -2.41. The zero-order valence-electron chi connectivity index (χ0n) is 12.0. The summed E-state index contributed by atoms with van der Waals surface area (Å²) in [6, 6.07) is 10.4. The molecular weight excluding hydrogens is 253 g/mol. The molecule has 0 saturated heterocycles. The van der Waals surface area contributed by atoms with Crippen molar-refractivity contribution in [1.29, 1.82) is 0 Å².